The normalized spacial score (nSPS) is 12.4. The van der Waals surface area contributed by atoms with Gasteiger partial charge in [0.05, 0.1) is 7.11 Å². The molecule has 0 aliphatic rings. The van der Waals surface area contributed by atoms with Crippen LogP contribution in [0.5, 0.6) is 5.75 Å². The molecule has 0 heterocycles. The molecule has 0 bridgehead atoms. The molecule has 2 nitrogen and oxygen atoms in total. The monoisotopic (exact) mass is 263 g/mol. The Labute approximate surface area is 118 Å². The number of unbranched alkanes of at least 4 members (excludes halogenated alkanes) is 2. The van der Waals surface area contributed by atoms with Crippen LogP contribution in [-0.4, -0.2) is 19.7 Å². The Morgan fingerprint density at radius 1 is 1.16 bits per heavy atom. The van der Waals surface area contributed by atoms with Crippen LogP contribution in [0, 0.1) is 0 Å². The van der Waals surface area contributed by atoms with Crippen LogP contribution in [0.4, 0.5) is 0 Å². The molecule has 1 aromatic rings. The lowest BCUT2D eigenvalue weighted by Crippen LogP contribution is -2.31. The molecule has 0 spiro atoms. The highest BCUT2D eigenvalue weighted by Gasteiger charge is 2.09. The second-order valence-corrected chi connectivity index (χ2v) is 5.20. The third-order valence-electron chi connectivity index (χ3n) is 3.46. The topological polar surface area (TPSA) is 21.3 Å². The molecule has 0 radical (unpaired) electrons. The summed E-state index contributed by atoms with van der Waals surface area (Å²) in [4.78, 5) is 0. The van der Waals surface area contributed by atoms with Crippen LogP contribution in [0.25, 0.3) is 0 Å². The van der Waals surface area contributed by atoms with E-state index in [2.05, 4.69) is 37.4 Å². The standard InChI is InChI=1S/C17H29NO/c1-4-6-7-10-16(18-12-5-2)13-15-9-8-11-17(14-15)19-3/h8-9,11,14,16,18H,4-7,10,12-13H2,1-3H3. The van der Waals surface area contributed by atoms with Crippen molar-refractivity contribution < 1.29 is 4.74 Å². The highest BCUT2D eigenvalue weighted by atomic mass is 16.5. The Morgan fingerprint density at radius 2 is 2.00 bits per heavy atom. The van der Waals surface area contributed by atoms with E-state index in [-0.39, 0.29) is 0 Å². The maximum atomic E-state index is 5.30. The fourth-order valence-corrected chi connectivity index (χ4v) is 2.35. The van der Waals surface area contributed by atoms with Crippen molar-refractivity contribution in [1.82, 2.24) is 5.32 Å². The lowest BCUT2D eigenvalue weighted by atomic mass is 10.00. The van der Waals surface area contributed by atoms with Crippen LogP contribution in [0.1, 0.15) is 51.5 Å². The fourth-order valence-electron chi connectivity index (χ4n) is 2.35. The van der Waals surface area contributed by atoms with Crippen molar-refractivity contribution in [3.8, 4) is 5.75 Å². The van der Waals surface area contributed by atoms with Gasteiger partial charge in [0.2, 0.25) is 0 Å². The number of hydrogen-bond acceptors (Lipinski definition) is 2. The molecule has 19 heavy (non-hydrogen) atoms. The second kappa shape index (κ2) is 9.85. The summed E-state index contributed by atoms with van der Waals surface area (Å²) < 4.78 is 5.30. The molecule has 0 saturated carbocycles. The molecule has 2 heteroatoms. The minimum Gasteiger partial charge on any atom is -0.497 e. The number of nitrogens with one attached hydrogen (secondary N) is 1. The van der Waals surface area contributed by atoms with E-state index in [1.807, 2.05) is 6.07 Å². The van der Waals surface area contributed by atoms with E-state index in [1.165, 1.54) is 37.7 Å². The summed E-state index contributed by atoms with van der Waals surface area (Å²) in [6.45, 7) is 5.60. The zero-order valence-electron chi connectivity index (χ0n) is 12.7. The first-order valence-corrected chi connectivity index (χ1v) is 7.66. The number of ether oxygens (including phenoxy) is 1. The molecule has 1 aromatic carbocycles. The largest absolute Gasteiger partial charge is 0.497 e. The van der Waals surface area contributed by atoms with E-state index >= 15 is 0 Å². The average molecular weight is 263 g/mol. The SMILES string of the molecule is CCCCCC(Cc1cccc(OC)c1)NCCC. The predicted molar refractivity (Wildman–Crippen MR) is 82.9 cm³/mol. The van der Waals surface area contributed by atoms with Crippen molar-refractivity contribution >= 4 is 0 Å². The van der Waals surface area contributed by atoms with Crippen LogP contribution in [0.2, 0.25) is 0 Å². The minimum absolute atomic E-state index is 0.596. The highest BCUT2D eigenvalue weighted by Crippen LogP contribution is 2.16. The summed E-state index contributed by atoms with van der Waals surface area (Å²) in [6, 6.07) is 9.04. The van der Waals surface area contributed by atoms with Gasteiger partial charge in [-0.1, -0.05) is 45.2 Å². The van der Waals surface area contributed by atoms with Crippen LogP contribution >= 0.6 is 0 Å². The number of benzene rings is 1. The summed E-state index contributed by atoms with van der Waals surface area (Å²) in [5, 5.41) is 3.67. The third kappa shape index (κ3) is 6.63. The first-order valence-electron chi connectivity index (χ1n) is 7.66. The maximum absolute atomic E-state index is 5.30. The Bertz CT molecular complexity index is 338. The molecule has 0 aliphatic heterocycles. The molecule has 0 aliphatic carbocycles. The molecule has 1 atom stereocenters. The van der Waals surface area contributed by atoms with E-state index < -0.39 is 0 Å². The zero-order valence-corrected chi connectivity index (χ0v) is 12.7. The van der Waals surface area contributed by atoms with Crippen LogP contribution in [-0.2, 0) is 6.42 Å². The molecule has 1 rings (SSSR count). The zero-order chi connectivity index (χ0) is 13.9. The van der Waals surface area contributed by atoms with Gasteiger partial charge >= 0.3 is 0 Å². The van der Waals surface area contributed by atoms with Crippen molar-refractivity contribution in [2.24, 2.45) is 0 Å². The summed E-state index contributed by atoms with van der Waals surface area (Å²) in [6.07, 6.45) is 7.51. The first kappa shape index (κ1) is 16.0. The molecule has 1 N–H and O–H groups in total. The molecular weight excluding hydrogens is 234 g/mol. The fraction of sp³-hybridized carbons (Fsp3) is 0.647. The van der Waals surface area contributed by atoms with Gasteiger partial charge in [-0.2, -0.15) is 0 Å². The van der Waals surface area contributed by atoms with Gasteiger partial charge in [0.1, 0.15) is 5.75 Å². The molecule has 0 saturated heterocycles. The lowest BCUT2D eigenvalue weighted by Gasteiger charge is -2.19. The Kier molecular flexibility index (Phi) is 8.31. The van der Waals surface area contributed by atoms with E-state index in [9.17, 15) is 0 Å². The smallest absolute Gasteiger partial charge is 0.119 e. The molecule has 0 amide bonds. The van der Waals surface area contributed by atoms with Crippen molar-refractivity contribution in [3.63, 3.8) is 0 Å². The van der Waals surface area contributed by atoms with Gasteiger partial charge < -0.3 is 10.1 Å². The van der Waals surface area contributed by atoms with Crippen molar-refractivity contribution in [3.05, 3.63) is 29.8 Å². The summed E-state index contributed by atoms with van der Waals surface area (Å²) in [5.74, 6) is 0.959. The molecule has 1 unspecified atom stereocenters. The van der Waals surface area contributed by atoms with Crippen molar-refractivity contribution in [1.29, 1.82) is 0 Å². The van der Waals surface area contributed by atoms with E-state index in [0.717, 1.165) is 18.7 Å². The van der Waals surface area contributed by atoms with Crippen LogP contribution in [0.15, 0.2) is 24.3 Å². The minimum atomic E-state index is 0.596. The summed E-state index contributed by atoms with van der Waals surface area (Å²) in [7, 11) is 1.73. The first-order chi connectivity index (χ1) is 9.30. The highest BCUT2D eigenvalue weighted by molar-refractivity contribution is 5.28. The Morgan fingerprint density at radius 3 is 2.68 bits per heavy atom. The Balaban J connectivity index is 2.53. The second-order valence-electron chi connectivity index (χ2n) is 5.20. The van der Waals surface area contributed by atoms with Gasteiger partial charge in [-0.05, 0) is 43.5 Å². The van der Waals surface area contributed by atoms with Crippen LogP contribution < -0.4 is 10.1 Å². The van der Waals surface area contributed by atoms with E-state index in [4.69, 9.17) is 4.74 Å². The molecule has 0 fully saturated rings. The number of methoxy groups -OCH3 is 1. The summed E-state index contributed by atoms with van der Waals surface area (Å²) in [5.41, 5.74) is 1.37. The van der Waals surface area contributed by atoms with Gasteiger partial charge in [-0.25, -0.2) is 0 Å². The van der Waals surface area contributed by atoms with Gasteiger partial charge in [0.15, 0.2) is 0 Å². The summed E-state index contributed by atoms with van der Waals surface area (Å²) >= 11 is 0. The average Bonchev–Trinajstić information content (AvgIpc) is 2.45. The quantitative estimate of drug-likeness (QED) is 0.639. The lowest BCUT2D eigenvalue weighted by molar-refractivity contribution is 0.413. The van der Waals surface area contributed by atoms with E-state index in [1.54, 1.807) is 7.11 Å². The molecular formula is C17H29NO. The predicted octanol–water partition coefficient (Wildman–Crippen LogP) is 4.19. The van der Waals surface area contributed by atoms with Crippen LogP contribution in [0.3, 0.4) is 0 Å². The third-order valence-corrected chi connectivity index (χ3v) is 3.46. The number of rotatable bonds is 10. The molecule has 0 aromatic heterocycles. The van der Waals surface area contributed by atoms with Crippen molar-refractivity contribution in [2.75, 3.05) is 13.7 Å². The maximum Gasteiger partial charge on any atom is 0.119 e. The van der Waals surface area contributed by atoms with Gasteiger partial charge in [-0.15, -0.1) is 0 Å². The van der Waals surface area contributed by atoms with Crippen molar-refractivity contribution in [2.45, 2.75) is 58.4 Å². The van der Waals surface area contributed by atoms with Gasteiger partial charge in [0.25, 0.3) is 0 Å². The number of hydrogen-bond donors (Lipinski definition) is 1. The van der Waals surface area contributed by atoms with Gasteiger partial charge in [-0.3, -0.25) is 0 Å². The molecule has 108 valence electrons. The van der Waals surface area contributed by atoms with E-state index in [0.29, 0.717) is 6.04 Å². The Hall–Kier alpha value is -1.02. The van der Waals surface area contributed by atoms with Gasteiger partial charge in [0, 0.05) is 6.04 Å².